The Kier molecular flexibility index (Phi) is 4.67. The van der Waals surface area contributed by atoms with Gasteiger partial charge in [0.1, 0.15) is 5.65 Å². The third kappa shape index (κ3) is 3.60. The molecule has 3 aromatic heterocycles. The lowest BCUT2D eigenvalue weighted by Crippen LogP contribution is -2.48. The number of aromatic nitrogens is 3. The molecule has 0 radical (unpaired) electrons. The van der Waals surface area contributed by atoms with Gasteiger partial charge in [-0.1, -0.05) is 6.07 Å². The summed E-state index contributed by atoms with van der Waals surface area (Å²) < 4.78 is 1.94. The third-order valence-electron chi connectivity index (χ3n) is 5.11. The number of hydrogen-bond donors (Lipinski definition) is 2. The maximum atomic E-state index is 12.7. The van der Waals surface area contributed by atoms with E-state index in [1.165, 1.54) is 0 Å². The fourth-order valence-electron chi connectivity index (χ4n) is 3.60. The highest BCUT2D eigenvalue weighted by Crippen LogP contribution is 2.31. The lowest BCUT2D eigenvalue weighted by molar-refractivity contribution is -0.122. The molecule has 3 heterocycles. The Bertz CT molecular complexity index is 887. The van der Waals surface area contributed by atoms with Crippen LogP contribution in [0.3, 0.4) is 0 Å². The highest BCUT2D eigenvalue weighted by atomic mass is 16.3. The summed E-state index contributed by atoms with van der Waals surface area (Å²) >= 11 is 0. The molecule has 6 nitrogen and oxygen atoms in total. The van der Waals surface area contributed by atoms with Gasteiger partial charge in [-0.3, -0.25) is 9.78 Å². The number of carbonyl (C=O) groups is 1. The Hall–Kier alpha value is -2.73. The fraction of sp³-hybridized carbons (Fsp3) is 0.350. The van der Waals surface area contributed by atoms with Gasteiger partial charge in [0.05, 0.1) is 18.2 Å². The lowest BCUT2D eigenvalue weighted by Gasteiger charge is -2.38. The summed E-state index contributed by atoms with van der Waals surface area (Å²) in [6, 6.07) is 9.74. The first-order chi connectivity index (χ1) is 12.7. The molecule has 26 heavy (non-hydrogen) atoms. The van der Waals surface area contributed by atoms with Crippen LogP contribution in [0.4, 0.5) is 0 Å². The smallest absolute Gasteiger partial charge is 0.226 e. The van der Waals surface area contributed by atoms with Crippen LogP contribution in [-0.2, 0) is 17.6 Å². The second-order valence-corrected chi connectivity index (χ2v) is 6.97. The van der Waals surface area contributed by atoms with Crippen molar-refractivity contribution in [2.24, 2.45) is 5.92 Å². The number of imidazole rings is 1. The van der Waals surface area contributed by atoms with Crippen LogP contribution in [-0.4, -0.2) is 37.5 Å². The number of amides is 1. The SMILES string of the molecule is O=C(Cc1cnc2ccccn12)N[C@H](Cc1ccncc1)C1CC(O)C1. The summed E-state index contributed by atoms with van der Waals surface area (Å²) in [7, 11) is 0. The summed E-state index contributed by atoms with van der Waals surface area (Å²) in [5.41, 5.74) is 2.85. The zero-order chi connectivity index (χ0) is 17.9. The number of fused-ring (bicyclic) bond motifs is 1. The van der Waals surface area contributed by atoms with Crippen molar-refractivity contribution in [2.45, 2.75) is 37.8 Å². The number of rotatable bonds is 6. The summed E-state index contributed by atoms with van der Waals surface area (Å²) in [5.74, 6) is 0.292. The fourth-order valence-corrected chi connectivity index (χ4v) is 3.60. The Morgan fingerprint density at radius 1 is 1.27 bits per heavy atom. The number of aliphatic hydroxyl groups is 1. The zero-order valence-corrected chi connectivity index (χ0v) is 14.5. The molecule has 1 amide bonds. The average molecular weight is 350 g/mol. The number of aliphatic hydroxyl groups excluding tert-OH is 1. The molecule has 4 rings (SSSR count). The van der Waals surface area contributed by atoms with E-state index in [1.54, 1.807) is 18.6 Å². The van der Waals surface area contributed by atoms with E-state index in [1.807, 2.05) is 40.9 Å². The van der Waals surface area contributed by atoms with Crippen molar-refractivity contribution in [1.29, 1.82) is 0 Å². The maximum Gasteiger partial charge on any atom is 0.226 e. The first kappa shape index (κ1) is 16.7. The first-order valence-corrected chi connectivity index (χ1v) is 8.96. The molecular formula is C20H22N4O2. The van der Waals surface area contributed by atoms with Crippen molar-refractivity contribution < 1.29 is 9.90 Å². The van der Waals surface area contributed by atoms with Crippen molar-refractivity contribution in [3.63, 3.8) is 0 Å². The second kappa shape index (κ2) is 7.25. The molecule has 1 saturated carbocycles. The van der Waals surface area contributed by atoms with Crippen molar-refractivity contribution in [3.05, 3.63) is 66.4 Å². The molecule has 1 atom stereocenters. The molecule has 0 spiro atoms. The first-order valence-electron chi connectivity index (χ1n) is 8.96. The van der Waals surface area contributed by atoms with Crippen LogP contribution in [0.1, 0.15) is 24.1 Å². The van der Waals surface area contributed by atoms with Gasteiger partial charge in [0.25, 0.3) is 0 Å². The minimum atomic E-state index is -0.240. The minimum Gasteiger partial charge on any atom is -0.393 e. The summed E-state index contributed by atoms with van der Waals surface area (Å²) in [5, 5.41) is 12.8. The normalized spacial score (nSPS) is 20.5. The predicted molar refractivity (Wildman–Crippen MR) is 97.5 cm³/mol. The van der Waals surface area contributed by atoms with Crippen molar-refractivity contribution in [2.75, 3.05) is 0 Å². The number of nitrogens with one attached hydrogen (secondary N) is 1. The molecule has 0 saturated heterocycles. The van der Waals surface area contributed by atoms with Crippen LogP contribution in [0, 0.1) is 5.92 Å². The van der Waals surface area contributed by atoms with Crippen LogP contribution in [0.5, 0.6) is 0 Å². The molecule has 134 valence electrons. The largest absolute Gasteiger partial charge is 0.393 e. The van der Waals surface area contributed by atoms with E-state index in [0.29, 0.717) is 5.92 Å². The predicted octanol–water partition coefficient (Wildman–Crippen LogP) is 1.77. The molecule has 1 aliphatic rings. The average Bonchev–Trinajstić information content (AvgIpc) is 3.02. The topological polar surface area (TPSA) is 79.5 Å². The van der Waals surface area contributed by atoms with Gasteiger partial charge < -0.3 is 14.8 Å². The molecular weight excluding hydrogens is 328 g/mol. The van der Waals surface area contributed by atoms with Crippen LogP contribution >= 0.6 is 0 Å². The van der Waals surface area contributed by atoms with Crippen molar-refractivity contribution in [1.82, 2.24) is 19.7 Å². The molecule has 0 bridgehead atoms. The number of nitrogens with zero attached hydrogens (tertiary/aromatic N) is 3. The van der Waals surface area contributed by atoms with Gasteiger partial charge in [-0.05, 0) is 55.0 Å². The van der Waals surface area contributed by atoms with Gasteiger partial charge in [0.15, 0.2) is 0 Å². The summed E-state index contributed by atoms with van der Waals surface area (Å²) in [6.45, 7) is 0. The van der Waals surface area contributed by atoms with Gasteiger partial charge in [-0.25, -0.2) is 4.98 Å². The third-order valence-corrected chi connectivity index (χ3v) is 5.11. The maximum absolute atomic E-state index is 12.7. The van der Waals surface area contributed by atoms with Crippen LogP contribution in [0.25, 0.3) is 5.65 Å². The van der Waals surface area contributed by atoms with Crippen LogP contribution < -0.4 is 5.32 Å². The molecule has 0 aromatic carbocycles. The number of carbonyl (C=O) groups excluding carboxylic acids is 1. The van der Waals surface area contributed by atoms with E-state index in [9.17, 15) is 9.90 Å². The monoisotopic (exact) mass is 350 g/mol. The number of hydrogen-bond acceptors (Lipinski definition) is 4. The molecule has 1 fully saturated rings. The van der Waals surface area contributed by atoms with E-state index in [-0.39, 0.29) is 24.5 Å². The van der Waals surface area contributed by atoms with Gasteiger partial charge in [0, 0.05) is 30.8 Å². The highest BCUT2D eigenvalue weighted by molar-refractivity contribution is 5.78. The zero-order valence-electron chi connectivity index (χ0n) is 14.5. The quantitative estimate of drug-likeness (QED) is 0.710. The van der Waals surface area contributed by atoms with E-state index in [2.05, 4.69) is 15.3 Å². The van der Waals surface area contributed by atoms with Gasteiger partial charge in [0.2, 0.25) is 5.91 Å². The van der Waals surface area contributed by atoms with Gasteiger partial charge in [-0.2, -0.15) is 0 Å². The van der Waals surface area contributed by atoms with E-state index >= 15 is 0 Å². The van der Waals surface area contributed by atoms with Gasteiger partial charge >= 0.3 is 0 Å². The molecule has 2 N–H and O–H groups in total. The van der Waals surface area contributed by atoms with Crippen LogP contribution in [0.2, 0.25) is 0 Å². The number of pyridine rings is 2. The van der Waals surface area contributed by atoms with E-state index in [4.69, 9.17) is 0 Å². The molecule has 6 heteroatoms. The van der Waals surface area contributed by atoms with Crippen LogP contribution in [0.15, 0.2) is 55.1 Å². The minimum absolute atomic E-state index is 0.0175. The van der Waals surface area contributed by atoms with E-state index < -0.39 is 0 Å². The Morgan fingerprint density at radius 2 is 2.08 bits per heavy atom. The Balaban J connectivity index is 1.45. The van der Waals surface area contributed by atoms with Gasteiger partial charge in [-0.15, -0.1) is 0 Å². The summed E-state index contributed by atoms with van der Waals surface area (Å²) in [6.07, 6.45) is 9.48. The highest BCUT2D eigenvalue weighted by Gasteiger charge is 2.34. The van der Waals surface area contributed by atoms with Crippen molar-refractivity contribution in [3.8, 4) is 0 Å². The summed E-state index contributed by atoms with van der Waals surface area (Å²) in [4.78, 5) is 21.0. The molecule has 3 aromatic rings. The molecule has 0 aliphatic heterocycles. The lowest BCUT2D eigenvalue weighted by atomic mass is 9.75. The Morgan fingerprint density at radius 3 is 2.85 bits per heavy atom. The second-order valence-electron chi connectivity index (χ2n) is 6.97. The molecule has 0 unspecified atom stereocenters. The molecule has 1 aliphatic carbocycles. The van der Waals surface area contributed by atoms with Crippen molar-refractivity contribution >= 4 is 11.6 Å². The van der Waals surface area contributed by atoms with E-state index in [0.717, 1.165) is 36.2 Å². The standard InChI is InChI=1S/C20H22N4O2/c25-17-10-15(11-17)18(9-14-4-6-21-7-5-14)23-20(26)12-16-13-22-19-3-1-2-8-24(16)19/h1-8,13,15,17-18,25H,9-12H2,(H,23,26)/t15?,17?,18-/m1/s1. The Labute approximate surface area is 151 Å².